The van der Waals surface area contributed by atoms with Crippen LogP contribution in [-0.4, -0.2) is 94.4 Å². The van der Waals surface area contributed by atoms with Gasteiger partial charge in [-0.15, -0.1) is 0 Å². The molecular weight excluding hydrogens is 713 g/mol. The summed E-state index contributed by atoms with van der Waals surface area (Å²) in [6.45, 7) is 22.9. The molecule has 0 aliphatic rings. The van der Waals surface area contributed by atoms with Gasteiger partial charge in [0.05, 0.1) is 81.1 Å². The van der Waals surface area contributed by atoms with Crippen molar-refractivity contribution in [3.05, 3.63) is 69.5 Å². The summed E-state index contributed by atoms with van der Waals surface area (Å²) < 4.78 is 37.0. The van der Waals surface area contributed by atoms with E-state index in [-0.39, 0.29) is 47.2 Å². The highest BCUT2D eigenvalue weighted by Crippen LogP contribution is 2.37. The van der Waals surface area contributed by atoms with E-state index in [1.807, 2.05) is 18.2 Å². The van der Waals surface area contributed by atoms with Gasteiger partial charge in [-0.25, -0.2) is 9.97 Å². The molecule has 13 nitrogen and oxygen atoms in total. The fourth-order valence-electron chi connectivity index (χ4n) is 4.74. The molecule has 0 bridgehead atoms. The Morgan fingerprint density at radius 3 is 1.55 bits per heavy atom. The SMILES string of the molecule is COCOC(CO[Si](C)(C)C(C)(C)C)Cn1c(=O)cnc2ccc(OC)cc21.COc1ccc2ncc(=O)n(CC(O)CO[Si](C)(C)C(C)(C)C)c2c1. The molecule has 294 valence electrons. The normalized spacial score (nSPS) is 13.8. The van der Waals surface area contributed by atoms with Crippen molar-refractivity contribution in [1.82, 2.24) is 19.1 Å². The average Bonchev–Trinajstić information content (AvgIpc) is 3.09. The molecule has 0 radical (unpaired) electrons. The highest BCUT2D eigenvalue weighted by Gasteiger charge is 2.38. The fraction of sp³-hybridized carbons (Fsp3) is 0.579. The third-order valence-electron chi connectivity index (χ3n) is 10.2. The maximum absolute atomic E-state index is 12.5. The number of aromatic nitrogens is 4. The molecule has 1 N–H and O–H groups in total. The molecule has 0 amide bonds. The summed E-state index contributed by atoms with van der Waals surface area (Å²) in [5, 5.41) is 10.6. The molecule has 0 saturated heterocycles. The van der Waals surface area contributed by atoms with Gasteiger partial charge in [0.15, 0.2) is 16.6 Å². The lowest BCUT2D eigenvalue weighted by molar-refractivity contribution is -0.0900. The van der Waals surface area contributed by atoms with Crippen LogP contribution in [0.5, 0.6) is 11.5 Å². The van der Waals surface area contributed by atoms with Crippen molar-refractivity contribution < 1.29 is 32.9 Å². The van der Waals surface area contributed by atoms with E-state index in [1.54, 1.807) is 44.1 Å². The lowest BCUT2D eigenvalue weighted by Crippen LogP contribution is -2.44. The summed E-state index contributed by atoms with van der Waals surface area (Å²) in [5.41, 5.74) is 2.28. The number of hydrogen-bond donors (Lipinski definition) is 1. The zero-order valence-corrected chi connectivity index (χ0v) is 35.8. The Bertz CT molecular complexity index is 1920. The minimum absolute atomic E-state index is 0.0697. The highest BCUT2D eigenvalue weighted by molar-refractivity contribution is 6.74. The number of aliphatic hydroxyl groups is 1. The van der Waals surface area contributed by atoms with Gasteiger partial charge < -0.3 is 42.0 Å². The van der Waals surface area contributed by atoms with Crippen molar-refractivity contribution in [1.29, 1.82) is 0 Å². The molecule has 0 saturated carbocycles. The molecule has 2 heterocycles. The summed E-state index contributed by atoms with van der Waals surface area (Å²) in [4.78, 5) is 33.2. The molecule has 53 heavy (non-hydrogen) atoms. The minimum atomic E-state index is -1.95. The van der Waals surface area contributed by atoms with Crippen LogP contribution < -0.4 is 20.6 Å². The number of fused-ring (bicyclic) bond motifs is 2. The zero-order chi connectivity index (χ0) is 39.8. The van der Waals surface area contributed by atoms with Gasteiger partial charge in [-0.05, 0) is 60.5 Å². The van der Waals surface area contributed by atoms with Crippen LogP contribution in [0.15, 0.2) is 58.4 Å². The Balaban J connectivity index is 0.000000287. The number of hydrogen-bond acceptors (Lipinski definition) is 11. The number of nitrogens with zero attached hydrogens (tertiary/aromatic N) is 4. The predicted octanol–water partition coefficient (Wildman–Crippen LogP) is 6.20. The largest absolute Gasteiger partial charge is 0.497 e. The van der Waals surface area contributed by atoms with Crippen molar-refractivity contribution in [2.24, 2.45) is 0 Å². The molecule has 2 aromatic carbocycles. The van der Waals surface area contributed by atoms with E-state index in [2.05, 4.69) is 77.7 Å². The van der Waals surface area contributed by atoms with Crippen LogP contribution in [0.4, 0.5) is 0 Å². The van der Waals surface area contributed by atoms with Gasteiger partial charge in [-0.1, -0.05) is 41.5 Å². The lowest BCUT2D eigenvalue weighted by atomic mass is 10.2. The van der Waals surface area contributed by atoms with E-state index in [0.29, 0.717) is 41.2 Å². The predicted molar refractivity (Wildman–Crippen MR) is 214 cm³/mol. The standard InChI is InChI=1S/C20H32N2O5Si.C18H28N2O4Si/c1-20(2,3)28(6,7)27-13-16(26-14-24-4)12-22-18-10-15(25-5)8-9-17(18)21-11-19(22)23;1-18(2,3)25(5,6)24-12-13(21)11-20-16-9-14(23-4)7-8-15(16)19-10-17(20)22/h8-11,16H,12-14H2,1-7H3;7-10,13,21H,11-12H2,1-6H3. The topological polar surface area (TPSA) is 145 Å². The summed E-state index contributed by atoms with van der Waals surface area (Å²) in [5.74, 6) is 1.31. The number of ether oxygens (including phenoxy) is 4. The van der Waals surface area contributed by atoms with Crippen LogP contribution in [0, 0.1) is 0 Å². The second kappa shape index (κ2) is 18.3. The first-order chi connectivity index (χ1) is 24.6. The quantitative estimate of drug-likeness (QED) is 0.109. The maximum atomic E-state index is 12.5. The summed E-state index contributed by atoms with van der Waals surface area (Å²) in [6, 6.07) is 10.8. The van der Waals surface area contributed by atoms with Gasteiger partial charge in [-0.3, -0.25) is 9.59 Å². The molecule has 0 spiro atoms. The third kappa shape index (κ3) is 11.8. The first-order valence-corrected chi connectivity index (χ1v) is 23.6. The molecule has 2 unspecified atom stereocenters. The molecule has 4 rings (SSSR count). The Hall–Kier alpha value is -3.45. The van der Waals surface area contributed by atoms with Gasteiger partial charge in [0.2, 0.25) is 0 Å². The van der Waals surface area contributed by atoms with Crippen molar-refractivity contribution in [3.8, 4) is 11.5 Å². The van der Waals surface area contributed by atoms with E-state index in [0.717, 1.165) is 5.52 Å². The van der Waals surface area contributed by atoms with Crippen LogP contribution in [0.3, 0.4) is 0 Å². The number of aliphatic hydroxyl groups excluding tert-OH is 1. The van der Waals surface area contributed by atoms with Crippen LogP contribution in [0.2, 0.25) is 36.3 Å². The molecule has 2 aromatic heterocycles. The molecule has 4 aromatic rings. The van der Waals surface area contributed by atoms with Crippen LogP contribution in [-0.2, 0) is 31.4 Å². The highest BCUT2D eigenvalue weighted by atomic mass is 28.4. The van der Waals surface area contributed by atoms with E-state index in [9.17, 15) is 14.7 Å². The Labute approximate surface area is 315 Å². The summed E-state index contributed by atoms with van der Waals surface area (Å²) >= 11 is 0. The third-order valence-corrected chi connectivity index (χ3v) is 19.2. The van der Waals surface area contributed by atoms with Crippen molar-refractivity contribution in [2.75, 3.05) is 41.3 Å². The first-order valence-electron chi connectivity index (χ1n) is 17.8. The minimum Gasteiger partial charge on any atom is -0.497 e. The Morgan fingerprint density at radius 1 is 0.698 bits per heavy atom. The van der Waals surface area contributed by atoms with E-state index < -0.39 is 22.7 Å². The van der Waals surface area contributed by atoms with Gasteiger partial charge in [-0.2, -0.15) is 0 Å². The number of benzene rings is 2. The van der Waals surface area contributed by atoms with Crippen molar-refractivity contribution in [3.63, 3.8) is 0 Å². The van der Waals surface area contributed by atoms with Gasteiger partial charge in [0.25, 0.3) is 11.1 Å². The van der Waals surface area contributed by atoms with Gasteiger partial charge in [0.1, 0.15) is 24.4 Å². The monoisotopic (exact) mass is 772 g/mol. The second-order valence-corrected chi connectivity index (χ2v) is 25.7. The molecule has 2 atom stereocenters. The average molecular weight is 773 g/mol. The van der Waals surface area contributed by atoms with E-state index in [4.69, 9.17) is 27.8 Å². The van der Waals surface area contributed by atoms with Crippen molar-refractivity contribution >= 4 is 38.7 Å². The molecule has 0 aliphatic carbocycles. The fourth-order valence-corrected chi connectivity index (χ4v) is 6.82. The smallest absolute Gasteiger partial charge is 0.269 e. The van der Waals surface area contributed by atoms with Gasteiger partial charge in [0, 0.05) is 19.2 Å². The second-order valence-electron chi connectivity index (χ2n) is 16.1. The van der Waals surface area contributed by atoms with Gasteiger partial charge >= 0.3 is 0 Å². The molecule has 0 fully saturated rings. The van der Waals surface area contributed by atoms with E-state index >= 15 is 0 Å². The van der Waals surface area contributed by atoms with Crippen molar-refractivity contribution in [2.45, 2.75) is 103 Å². The molecule has 0 aliphatic heterocycles. The lowest BCUT2D eigenvalue weighted by Gasteiger charge is -2.37. The van der Waals surface area contributed by atoms with E-state index in [1.165, 1.54) is 17.0 Å². The zero-order valence-electron chi connectivity index (χ0n) is 33.8. The molecular formula is C38H60N4O9Si2. The molecule has 15 heteroatoms. The van der Waals surface area contributed by atoms with Crippen LogP contribution in [0.1, 0.15) is 41.5 Å². The maximum Gasteiger partial charge on any atom is 0.269 e. The Morgan fingerprint density at radius 2 is 1.13 bits per heavy atom. The Kier molecular flexibility index (Phi) is 15.1. The number of methoxy groups -OCH3 is 3. The summed E-state index contributed by atoms with van der Waals surface area (Å²) in [6.07, 6.45) is 1.50. The van der Waals surface area contributed by atoms with Crippen LogP contribution >= 0.6 is 0 Å². The summed E-state index contributed by atoms with van der Waals surface area (Å²) in [7, 11) is 0.847. The first kappa shape index (κ1) is 44.0. The number of rotatable bonds is 15. The van der Waals surface area contributed by atoms with Crippen LogP contribution in [0.25, 0.3) is 22.1 Å².